The number of aromatic nitrogens is 1. The van der Waals surface area contributed by atoms with Crippen LogP contribution in [0.25, 0.3) is 44.3 Å². The van der Waals surface area contributed by atoms with Gasteiger partial charge in [0.15, 0.2) is 0 Å². The number of nitrogens with one attached hydrogen (secondary N) is 1. The van der Waals surface area contributed by atoms with E-state index in [1.54, 1.807) is 30.5 Å². The topological polar surface area (TPSA) is 107 Å². The van der Waals surface area contributed by atoms with Crippen LogP contribution in [0, 0.1) is 0 Å². The summed E-state index contributed by atoms with van der Waals surface area (Å²) >= 11 is 6.27. The number of para-hydroxylation sites is 1. The molecule has 0 bridgehead atoms. The Bertz CT molecular complexity index is 1930. The lowest BCUT2D eigenvalue weighted by atomic mass is 9.90. The normalized spacial score (nSPS) is 11.2. The van der Waals surface area contributed by atoms with Crippen molar-refractivity contribution < 1.29 is 13.9 Å². The van der Waals surface area contributed by atoms with E-state index in [0.717, 1.165) is 16.6 Å². The minimum atomic E-state index is -0.486. The molecule has 8 heteroatoms. The summed E-state index contributed by atoms with van der Waals surface area (Å²) in [4.78, 5) is 29.8. The molecule has 0 saturated carbocycles. The van der Waals surface area contributed by atoms with Gasteiger partial charge in [0, 0.05) is 52.0 Å². The zero-order valence-corrected chi connectivity index (χ0v) is 21.6. The number of benzene rings is 4. The summed E-state index contributed by atoms with van der Waals surface area (Å²) < 4.78 is 11.4. The molecule has 2 heterocycles. The van der Waals surface area contributed by atoms with Crippen LogP contribution >= 0.6 is 11.6 Å². The summed E-state index contributed by atoms with van der Waals surface area (Å²) in [6, 6.07) is 23.5. The average Bonchev–Trinajstić information content (AvgIpc) is 2.96. The van der Waals surface area contributed by atoms with Crippen molar-refractivity contribution in [3.63, 3.8) is 0 Å². The number of hydrogen-bond acceptors (Lipinski definition) is 7. The third kappa shape index (κ3) is 4.23. The van der Waals surface area contributed by atoms with E-state index in [-0.39, 0.29) is 10.5 Å². The van der Waals surface area contributed by atoms with Crippen molar-refractivity contribution in [1.29, 1.82) is 0 Å². The van der Waals surface area contributed by atoms with Crippen molar-refractivity contribution in [1.82, 2.24) is 4.98 Å². The lowest BCUT2D eigenvalue weighted by Crippen LogP contribution is -2.08. The molecule has 0 spiro atoms. The smallest absolute Gasteiger partial charge is 0.338 e. The summed E-state index contributed by atoms with van der Waals surface area (Å²) in [6.07, 6.45) is 1.75. The first-order valence-electron chi connectivity index (χ1n) is 12.2. The fraction of sp³-hybridized carbons (Fsp3) is 0.0645. The second-order valence-electron chi connectivity index (χ2n) is 9.04. The molecule has 1 aliphatic carbocycles. The van der Waals surface area contributed by atoms with Gasteiger partial charge in [-0.3, -0.25) is 9.78 Å². The number of pyridine rings is 1. The molecule has 0 radical (unpaired) electrons. The van der Waals surface area contributed by atoms with Crippen molar-refractivity contribution in [2.24, 2.45) is 0 Å². The first-order chi connectivity index (χ1) is 19.0. The van der Waals surface area contributed by atoms with Gasteiger partial charge < -0.3 is 20.2 Å². The molecule has 3 N–H and O–H groups in total. The van der Waals surface area contributed by atoms with Crippen LogP contribution in [0.15, 0.2) is 94.3 Å². The highest BCUT2D eigenvalue weighted by molar-refractivity contribution is 6.31. The van der Waals surface area contributed by atoms with Gasteiger partial charge in [0.05, 0.1) is 28.9 Å². The van der Waals surface area contributed by atoms with Gasteiger partial charge in [-0.1, -0.05) is 48.0 Å². The van der Waals surface area contributed by atoms with E-state index in [0.29, 0.717) is 56.8 Å². The summed E-state index contributed by atoms with van der Waals surface area (Å²) in [5, 5.41) is 5.20. The number of halogens is 1. The molecule has 3 aromatic carbocycles. The number of fused-ring (bicyclic) bond motifs is 3. The number of rotatable bonds is 5. The number of esters is 1. The van der Waals surface area contributed by atoms with Gasteiger partial charge in [-0.05, 0) is 42.0 Å². The SMILES string of the molecule is COC(=O)c1ccccc1-c1c2cc(Cl)c(=O)cc-2oc2c(CNc3cccc4cccnc34)c(N)ccc12. The zero-order valence-electron chi connectivity index (χ0n) is 20.8. The molecule has 7 nitrogen and oxygen atoms in total. The van der Waals surface area contributed by atoms with E-state index in [1.807, 2.05) is 48.5 Å². The van der Waals surface area contributed by atoms with Gasteiger partial charge in [-0.2, -0.15) is 0 Å². The summed E-state index contributed by atoms with van der Waals surface area (Å²) in [6.45, 7) is 0.323. The Morgan fingerprint density at radius 2 is 1.85 bits per heavy atom. The quantitative estimate of drug-likeness (QED) is 0.143. The molecular weight excluding hydrogens is 514 g/mol. The maximum absolute atomic E-state index is 12.7. The summed E-state index contributed by atoms with van der Waals surface area (Å²) in [5.41, 5.74) is 11.7. The predicted molar refractivity (Wildman–Crippen MR) is 154 cm³/mol. The fourth-order valence-corrected chi connectivity index (χ4v) is 5.08. The molecule has 0 unspecified atom stereocenters. The third-order valence-electron chi connectivity index (χ3n) is 6.77. The number of hydrogen-bond donors (Lipinski definition) is 2. The van der Waals surface area contributed by atoms with Gasteiger partial charge in [0.25, 0.3) is 0 Å². The van der Waals surface area contributed by atoms with Crippen LogP contribution in [0.3, 0.4) is 0 Å². The molecule has 0 atom stereocenters. The minimum Gasteiger partial charge on any atom is -0.465 e. The van der Waals surface area contributed by atoms with Gasteiger partial charge in [0.1, 0.15) is 11.3 Å². The molecule has 192 valence electrons. The van der Waals surface area contributed by atoms with E-state index >= 15 is 0 Å². The van der Waals surface area contributed by atoms with Crippen molar-refractivity contribution >= 4 is 50.8 Å². The molecule has 4 aromatic rings. The zero-order chi connectivity index (χ0) is 27.1. The number of anilines is 2. The molecule has 0 amide bonds. The van der Waals surface area contributed by atoms with Crippen LogP contribution in [0.2, 0.25) is 5.02 Å². The van der Waals surface area contributed by atoms with Gasteiger partial charge in [0.2, 0.25) is 5.43 Å². The highest BCUT2D eigenvalue weighted by Gasteiger charge is 2.24. The highest BCUT2D eigenvalue weighted by atomic mass is 35.5. The Balaban J connectivity index is 1.61. The Morgan fingerprint density at radius 1 is 1.03 bits per heavy atom. The highest BCUT2D eigenvalue weighted by Crippen LogP contribution is 2.44. The van der Waals surface area contributed by atoms with E-state index in [2.05, 4.69) is 10.3 Å². The molecule has 1 aliphatic heterocycles. The van der Waals surface area contributed by atoms with Crippen LogP contribution < -0.4 is 16.5 Å². The Kier molecular flexibility index (Phi) is 6.13. The lowest BCUT2D eigenvalue weighted by molar-refractivity contribution is 0.0601. The number of carbonyl (C=O) groups is 1. The van der Waals surface area contributed by atoms with E-state index in [9.17, 15) is 9.59 Å². The summed E-state index contributed by atoms with van der Waals surface area (Å²) in [5.74, 6) is -0.162. The van der Waals surface area contributed by atoms with Crippen LogP contribution in [0.5, 0.6) is 0 Å². The lowest BCUT2D eigenvalue weighted by Gasteiger charge is -2.20. The number of carbonyl (C=O) groups excluding carboxylic acids is 1. The first kappa shape index (κ1) is 24.5. The predicted octanol–water partition coefficient (Wildman–Crippen LogP) is 6.75. The Labute approximate surface area is 228 Å². The molecule has 0 saturated heterocycles. The van der Waals surface area contributed by atoms with Crippen molar-refractivity contribution in [3.05, 3.63) is 111 Å². The molecule has 2 aliphatic rings. The van der Waals surface area contributed by atoms with Crippen LogP contribution in [0.1, 0.15) is 15.9 Å². The Morgan fingerprint density at radius 3 is 2.69 bits per heavy atom. The molecule has 0 fully saturated rings. The van der Waals surface area contributed by atoms with E-state index in [4.69, 9.17) is 26.5 Å². The van der Waals surface area contributed by atoms with E-state index < -0.39 is 5.97 Å². The first-order valence-corrected chi connectivity index (χ1v) is 12.6. The second-order valence-corrected chi connectivity index (χ2v) is 9.44. The second kappa shape index (κ2) is 9.78. The maximum Gasteiger partial charge on any atom is 0.338 e. The standard InChI is InChI=1S/C31H22ClN3O4/c1-38-31(37)19-9-3-2-8-18(19)28-20-11-12-24(33)22(30(20)39-27-15-26(36)23(32)14-21(27)28)16-35-25-10-4-6-17-7-5-13-34-29(17)25/h2-15,35H,16,33H2,1H3. The number of ether oxygens (including phenoxy) is 1. The monoisotopic (exact) mass is 535 g/mol. The Hall–Kier alpha value is -4.88. The minimum absolute atomic E-state index is 0.0506. The number of methoxy groups -OCH3 is 1. The van der Waals surface area contributed by atoms with Crippen molar-refractivity contribution in [3.8, 4) is 22.5 Å². The molecule has 6 rings (SSSR count). The van der Waals surface area contributed by atoms with Gasteiger partial charge in [-0.15, -0.1) is 0 Å². The average molecular weight is 536 g/mol. The molecule has 39 heavy (non-hydrogen) atoms. The molecular formula is C31H22ClN3O4. The van der Waals surface area contributed by atoms with Crippen molar-refractivity contribution in [2.45, 2.75) is 6.54 Å². The summed E-state index contributed by atoms with van der Waals surface area (Å²) in [7, 11) is 1.34. The number of nitrogens with two attached hydrogens (primary N) is 1. The third-order valence-corrected chi connectivity index (χ3v) is 7.07. The van der Waals surface area contributed by atoms with Crippen LogP contribution in [-0.2, 0) is 11.3 Å². The van der Waals surface area contributed by atoms with E-state index in [1.165, 1.54) is 13.2 Å². The molecule has 1 aromatic heterocycles. The van der Waals surface area contributed by atoms with Crippen LogP contribution in [0.4, 0.5) is 11.4 Å². The fourth-order valence-electron chi connectivity index (χ4n) is 4.92. The number of nitrogen functional groups attached to an aromatic ring is 1. The maximum atomic E-state index is 12.7. The van der Waals surface area contributed by atoms with Gasteiger partial charge >= 0.3 is 5.97 Å². The largest absolute Gasteiger partial charge is 0.465 e. The van der Waals surface area contributed by atoms with Crippen LogP contribution in [-0.4, -0.2) is 18.1 Å². The number of nitrogens with zero attached hydrogens (tertiary/aromatic N) is 1. The van der Waals surface area contributed by atoms with Gasteiger partial charge in [-0.25, -0.2) is 4.79 Å². The van der Waals surface area contributed by atoms with Crippen molar-refractivity contribution in [2.75, 3.05) is 18.2 Å².